The minimum Gasteiger partial charge on any atom is -0.330 e. The Morgan fingerprint density at radius 2 is 1.75 bits per heavy atom. The van der Waals surface area contributed by atoms with Crippen LogP contribution < -0.4 is 5.73 Å². The number of aromatic nitrogens is 2. The number of hydrogen-bond donors (Lipinski definition) is 1. The van der Waals surface area contributed by atoms with E-state index in [1.54, 1.807) is 0 Å². The van der Waals surface area contributed by atoms with Gasteiger partial charge in [0.25, 0.3) is 0 Å². The summed E-state index contributed by atoms with van der Waals surface area (Å²) in [6, 6.07) is 8.03. The van der Waals surface area contributed by atoms with Crippen LogP contribution in [0.5, 0.6) is 0 Å². The van der Waals surface area contributed by atoms with Gasteiger partial charge in [-0.25, -0.2) is 9.97 Å². The summed E-state index contributed by atoms with van der Waals surface area (Å²) in [5.41, 5.74) is 10.0. The van der Waals surface area contributed by atoms with Crippen LogP contribution in [0.3, 0.4) is 0 Å². The highest BCUT2D eigenvalue weighted by atomic mass is 79.9. The Labute approximate surface area is 128 Å². The Kier molecular flexibility index (Phi) is 4.89. The van der Waals surface area contributed by atoms with E-state index >= 15 is 0 Å². The normalized spacial score (nSPS) is 12.4. The zero-order valence-corrected chi connectivity index (χ0v) is 13.7. The van der Waals surface area contributed by atoms with Crippen LogP contribution in [0.25, 0.3) is 11.4 Å². The quantitative estimate of drug-likeness (QED) is 0.928. The van der Waals surface area contributed by atoms with E-state index in [9.17, 15) is 0 Å². The highest BCUT2D eigenvalue weighted by Gasteiger charge is 2.13. The summed E-state index contributed by atoms with van der Waals surface area (Å²) in [6.07, 6.45) is 0.935. The van der Waals surface area contributed by atoms with E-state index in [4.69, 9.17) is 5.73 Å². The van der Waals surface area contributed by atoms with Crippen molar-refractivity contribution in [2.75, 3.05) is 6.54 Å². The third-order valence-electron chi connectivity index (χ3n) is 3.49. The maximum absolute atomic E-state index is 5.71. The van der Waals surface area contributed by atoms with Gasteiger partial charge in [0.15, 0.2) is 5.82 Å². The maximum Gasteiger partial charge on any atom is 0.160 e. The smallest absolute Gasteiger partial charge is 0.160 e. The van der Waals surface area contributed by atoms with Gasteiger partial charge in [-0.05, 0) is 44.4 Å². The molecule has 106 valence electrons. The molecule has 2 aromatic rings. The molecule has 3 nitrogen and oxygen atoms in total. The minimum atomic E-state index is 0.449. The van der Waals surface area contributed by atoms with E-state index in [-0.39, 0.29) is 0 Å². The first-order valence-electron chi connectivity index (χ1n) is 6.82. The number of rotatable bonds is 4. The predicted octanol–water partition coefficient (Wildman–Crippen LogP) is 3.66. The first-order valence-corrected chi connectivity index (χ1v) is 7.61. The lowest BCUT2D eigenvalue weighted by molar-refractivity contribution is 0.586. The summed E-state index contributed by atoms with van der Waals surface area (Å²) in [4.78, 5) is 9.34. The molecule has 0 aliphatic carbocycles. The third-order valence-corrected chi connectivity index (χ3v) is 4.18. The van der Waals surface area contributed by atoms with Crippen molar-refractivity contribution in [3.05, 3.63) is 45.7 Å². The van der Waals surface area contributed by atoms with Crippen molar-refractivity contribution in [1.82, 2.24) is 9.97 Å². The van der Waals surface area contributed by atoms with Crippen molar-refractivity contribution in [3.8, 4) is 11.4 Å². The van der Waals surface area contributed by atoms with E-state index in [2.05, 4.69) is 32.8 Å². The van der Waals surface area contributed by atoms with Crippen LogP contribution in [0.4, 0.5) is 0 Å². The molecule has 0 spiro atoms. The molecule has 0 saturated carbocycles. The number of nitrogens with zero attached hydrogens (tertiary/aromatic N) is 2. The molecule has 1 aromatic heterocycles. The molecule has 0 amide bonds. The van der Waals surface area contributed by atoms with Gasteiger partial charge in [-0.3, -0.25) is 0 Å². The van der Waals surface area contributed by atoms with Gasteiger partial charge in [0.05, 0.1) is 0 Å². The van der Waals surface area contributed by atoms with Crippen LogP contribution in [0.15, 0.2) is 28.7 Å². The number of nitrogens with two attached hydrogens (primary N) is 1. The molecule has 0 saturated heterocycles. The van der Waals surface area contributed by atoms with Gasteiger partial charge >= 0.3 is 0 Å². The van der Waals surface area contributed by atoms with Crippen LogP contribution >= 0.6 is 15.9 Å². The highest BCUT2D eigenvalue weighted by Crippen LogP contribution is 2.27. The van der Waals surface area contributed by atoms with E-state index < -0.39 is 0 Å². The molecule has 0 fully saturated rings. The molecule has 1 heterocycles. The van der Waals surface area contributed by atoms with E-state index in [1.165, 1.54) is 5.56 Å². The second-order valence-corrected chi connectivity index (χ2v) is 6.08. The summed E-state index contributed by atoms with van der Waals surface area (Å²) in [6.45, 7) is 6.94. The third kappa shape index (κ3) is 3.25. The van der Waals surface area contributed by atoms with Gasteiger partial charge in [0.1, 0.15) is 0 Å². The van der Waals surface area contributed by atoms with Crippen LogP contribution in [0.2, 0.25) is 0 Å². The van der Waals surface area contributed by atoms with Gasteiger partial charge < -0.3 is 5.73 Å². The average Bonchev–Trinajstić information content (AvgIpc) is 2.42. The van der Waals surface area contributed by atoms with Crippen molar-refractivity contribution >= 4 is 15.9 Å². The van der Waals surface area contributed by atoms with Crippen LogP contribution in [-0.2, 0) is 6.42 Å². The van der Waals surface area contributed by atoms with Gasteiger partial charge in [-0.2, -0.15) is 0 Å². The van der Waals surface area contributed by atoms with Gasteiger partial charge in [0.2, 0.25) is 0 Å². The fourth-order valence-corrected chi connectivity index (χ4v) is 2.69. The topological polar surface area (TPSA) is 51.8 Å². The summed E-state index contributed by atoms with van der Waals surface area (Å²) >= 11 is 3.56. The zero-order chi connectivity index (χ0) is 14.7. The first-order chi connectivity index (χ1) is 9.52. The molecule has 4 heteroatoms. The van der Waals surface area contributed by atoms with Crippen LogP contribution in [0, 0.1) is 19.8 Å². The Morgan fingerprint density at radius 1 is 1.15 bits per heavy atom. The molecule has 0 radical (unpaired) electrons. The second kappa shape index (κ2) is 6.46. The Hall–Kier alpha value is -1.26. The Morgan fingerprint density at radius 3 is 2.30 bits per heavy atom. The summed E-state index contributed by atoms with van der Waals surface area (Å²) in [5.74, 6) is 1.22. The van der Waals surface area contributed by atoms with Gasteiger partial charge in [-0.1, -0.05) is 41.1 Å². The largest absolute Gasteiger partial charge is 0.330 e. The summed E-state index contributed by atoms with van der Waals surface area (Å²) in [7, 11) is 0. The standard InChI is InChI=1S/C16H20BrN3/c1-10(9-18)8-14-11(2)19-16(20-12(14)3)13-6-4-5-7-15(13)17/h4-7,10H,8-9,18H2,1-3H3. The van der Waals surface area contributed by atoms with E-state index in [0.29, 0.717) is 12.5 Å². The molecule has 0 aliphatic rings. The van der Waals surface area contributed by atoms with Crippen molar-refractivity contribution in [2.45, 2.75) is 27.2 Å². The van der Waals surface area contributed by atoms with Gasteiger partial charge in [0, 0.05) is 21.4 Å². The number of aryl methyl sites for hydroxylation is 2. The highest BCUT2D eigenvalue weighted by molar-refractivity contribution is 9.10. The predicted molar refractivity (Wildman–Crippen MR) is 86.6 cm³/mol. The summed E-state index contributed by atoms with van der Waals surface area (Å²) in [5, 5.41) is 0. The molecule has 1 aromatic carbocycles. The van der Waals surface area contributed by atoms with Crippen molar-refractivity contribution in [2.24, 2.45) is 11.7 Å². The lowest BCUT2D eigenvalue weighted by Gasteiger charge is -2.14. The molecule has 0 bridgehead atoms. The molecule has 2 N–H and O–H groups in total. The lowest BCUT2D eigenvalue weighted by Crippen LogP contribution is -2.15. The van der Waals surface area contributed by atoms with Crippen LogP contribution in [-0.4, -0.2) is 16.5 Å². The maximum atomic E-state index is 5.71. The Bertz CT molecular complexity index is 587. The Balaban J connectivity index is 2.43. The number of benzene rings is 1. The lowest BCUT2D eigenvalue weighted by atomic mass is 9.99. The van der Waals surface area contributed by atoms with Gasteiger partial charge in [-0.15, -0.1) is 0 Å². The zero-order valence-electron chi connectivity index (χ0n) is 12.2. The summed E-state index contributed by atoms with van der Waals surface area (Å²) < 4.78 is 1.02. The monoisotopic (exact) mass is 333 g/mol. The second-order valence-electron chi connectivity index (χ2n) is 5.22. The first kappa shape index (κ1) is 15.1. The van der Waals surface area contributed by atoms with E-state index in [1.807, 2.05) is 38.1 Å². The average molecular weight is 334 g/mol. The minimum absolute atomic E-state index is 0.449. The fraction of sp³-hybridized carbons (Fsp3) is 0.375. The molecular weight excluding hydrogens is 314 g/mol. The SMILES string of the molecule is Cc1nc(-c2ccccc2Br)nc(C)c1CC(C)CN. The number of hydrogen-bond acceptors (Lipinski definition) is 3. The van der Waals surface area contributed by atoms with Crippen molar-refractivity contribution in [1.29, 1.82) is 0 Å². The molecule has 1 unspecified atom stereocenters. The van der Waals surface area contributed by atoms with Crippen molar-refractivity contribution in [3.63, 3.8) is 0 Å². The van der Waals surface area contributed by atoms with Crippen molar-refractivity contribution < 1.29 is 0 Å². The molecule has 0 aliphatic heterocycles. The number of halogens is 1. The molecule has 1 atom stereocenters. The molecular formula is C16H20BrN3. The van der Waals surface area contributed by atoms with Crippen LogP contribution in [0.1, 0.15) is 23.9 Å². The van der Waals surface area contributed by atoms with E-state index in [0.717, 1.165) is 33.7 Å². The molecule has 20 heavy (non-hydrogen) atoms. The fourth-order valence-electron chi connectivity index (χ4n) is 2.23. The molecule has 2 rings (SSSR count).